The molecule has 4 rings (SSSR count). The number of anilines is 2. The molecule has 29 heavy (non-hydrogen) atoms. The Hall–Kier alpha value is -2.80. The van der Waals surface area contributed by atoms with Gasteiger partial charge in [0, 0.05) is 31.2 Å². The van der Waals surface area contributed by atoms with Crippen LogP contribution in [0.25, 0.3) is 5.69 Å². The van der Waals surface area contributed by atoms with Gasteiger partial charge in [-0.05, 0) is 62.1 Å². The monoisotopic (exact) mass is 407 g/mol. The maximum atomic E-state index is 12.4. The van der Waals surface area contributed by atoms with Crippen molar-refractivity contribution in [3.63, 3.8) is 0 Å². The van der Waals surface area contributed by atoms with E-state index in [1.54, 1.807) is 12.4 Å². The molecule has 1 aliphatic heterocycles. The molecule has 0 spiro atoms. The number of carbonyl (C=O) groups is 1. The van der Waals surface area contributed by atoms with Gasteiger partial charge in [-0.25, -0.2) is 9.97 Å². The molecule has 0 atom stereocenters. The maximum Gasteiger partial charge on any atom is 0.234 e. The van der Waals surface area contributed by atoms with Crippen LogP contribution in [0.3, 0.4) is 0 Å². The maximum absolute atomic E-state index is 12.4. The number of aryl methyl sites for hydroxylation is 2. The van der Waals surface area contributed by atoms with E-state index in [-0.39, 0.29) is 11.7 Å². The second-order valence-electron chi connectivity index (χ2n) is 7.28. The second kappa shape index (κ2) is 8.69. The number of aromatic nitrogens is 3. The number of nitrogens with one attached hydrogen (secondary N) is 1. The Labute approximate surface area is 175 Å². The van der Waals surface area contributed by atoms with Crippen molar-refractivity contribution in [2.75, 3.05) is 29.1 Å². The highest BCUT2D eigenvalue weighted by molar-refractivity contribution is 7.99. The van der Waals surface area contributed by atoms with E-state index >= 15 is 0 Å². The third-order valence-corrected chi connectivity index (χ3v) is 6.14. The lowest BCUT2D eigenvalue weighted by atomic mass is 10.1. The molecule has 1 amide bonds. The van der Waals surface area contributed by atoms with Gasteiger partial charge in [-0.3, -0.25) is 9.36 Å². The Morgan fingerprint density at radius 2 is 1.93 bits per heavy atom. The molecule has 0 bridgehead atoms. The van der Waals surface area contributed by atoms with Crippen LogP contribution in [0.2, 0.25) is 0 Å². The molecule has 0 aliphatic carbocycles. The summed E-state index contributed by atoms with van der Waals surface area (Å²) in [7, 11) is 0. The number of benzene rings is 1. The van der Waals surface area contributed by atoms with Crippen molar-refractivity contribution in [1.29, 1.82) is 0 Å². The summed E-state index contributed by atoms with van der Waals surface area (Å²) in [5, 5.41) is 3.72. The topological polar surface area (TPSA) is 63.1 Å². The highest BCUT2D eigenvalue weighted by atomic mass is 32.2. The molecule has 1 fully saturated rings. The Kier molecular flexibility index (Phi) is 5.85. The first-order chi connectivity index (χ1) is 14.1. The van der Waals surface area contributed by atoms with Crippen molar-refractivity contribution in [2.45, 2.75) is 31.8 Å². The fourth-order valence-electron chi connectivity index (χ4n) is 3.39. The minimum absolute atomic E-state index is 0.0691. The normalized spacial score (nSPS) is 13.7. The summed E-state index contributed by atoms with van der Waals surface area (Å²) in [5.41, 5.74) is 4.26. The van der Waals surface area contributed by atoms with Gasteiger partial charge in [0.15, 0.2) is 5.16 Å². The van der Waals surface area contributed by atoms with Crippen LogP contribution >= 0.6 is 11.8 Å². The number of rotatable bonds is 6. The van der Waals surface area contributed by atoms with Gasteiger partial charge in [0.25, 0.3) is 0 Å². The van der Waals surface area contributed by atoms with Gasteiger partial charge >= 0.3 is 0 Å². The van der Waals surface area contributed by atoms with Crippen molar-refractivity contribution in [1.82, 2.24) is 14.5 Å². The number of amides is 1. The van der Waals surface area contributed by atoms with E-state index in [0.29, 0.717) is 0 Å². The van der Waals surface area contributed by atoms with Crippen LogP contribution in [0.4, 0.5) is 11.5 Å². The Morgan fingerprint density at radius 3 is 2.66 bits per heavy atom. The summed E-state index contributed by atoms with van der Waals surface area (Å²) in [6.45, 7) is 6.31. The summed E-state index contributed by atoms with van der Waals surface area (Å²) >= 11 is 1.42. The molecule has 150 valence electrons. The molecule has 1 aromatic carbocycles. The predicted octanol–water partition coefficient (Wildman–Crippen LogP) is 4.22. The quantitative estimate of drug-likeness (QED) is 0.620. The Morgan fingerprint density at radius 1 is 1.10 bits per heavy atom. The van der Waals surface area contributed by atoms with Crippen LogP contribution in [0.15, 0.2) is 54.1 Å². The lowest BCUT2D eigenvalue weighted by Crippen LogP contribution is -2.19. The summed E-state index contributed by atoms with van der Waals surface area (Å²) < 4.78 is 2.01. The number of carbonyl (C=O) groups excluding carboxylic acids is 1. The molecule has 0 radical (unpaired) electrons. The molecular weight excluding hydrogens is 382 g/mol. The molecular formula is C22H25N5OS. The number of thioether (sulfide) groups is 1. The van der Waals surface area contributed by atoms with Crippen molar-refractivity contribution < 1.29 is 4.79 Å². The van der Waals surface area contributed by atoms with E-state index < -0.39 is 0 Å². The molecule has 1 aliphatic rings. The molecule has 3 aromatic rings. The second-order valence-corrected chi connectivity index (χ2v) is 8.23. The van der Waals surface area contributed by atoms with Crippen LogP contribution in [-0.4, -0.2) is 39.3 Å². The molecule has 0 unspecified atom stereocenters. The molecule has 0 saturated carbocycles. The molecule has 6 nitrogen and oxygen atoms in total. The first-order valence-corrected chi connectivity index (χ1v) is 10.8. The van der Waals surface area contributed by atoms with Crippen LogP contribution in [0.1, 0.15) is 24.0 Å². The largest absolute Gasteiger partial charge is 0.357 e. The number of hydrogen-bond donors (Lipinski definition) is 1. The first-order valence-electron chi connectivity index (χ1n) is 9.85. The van der Waals surface area contributed by atoms with E-state index in [4.69, 9.17) is 0 Å². The van der Waals surface area contributed by atoms with Crippen molar-refractivity contribution >= 4 is 29.2 Å². The molecule has 3 heterocycles. The highest BCUT2D eigenvalue weighted by Gasteiger charge is 2.14. The number of hydrogen-bond acceptors (Lipinski definition) is 5. The summed E-state index contributed by atoms with van der Waals surface area (Å²) in [6, 6.07) is 10.2. The van der Waals surface area contributed by atoms with E-state index in [1.165, 1.54) is 35.7 Å². The van der Waals surface area contributed by atoms with E-state index in [0.717, 1.165) is 35.4 Å². The van der Waals surface area contributed by atoms with E-state index in [1.807, 2.05) is 22.9 Å². The smallest absolute Gasteiger partial charge is 0.234 e. The molecule has 7 heteroatoms. The Bertz CT molecular complexity index is 993. The standard InChI is InChI=1S/C22H25N5OS/c1-16-5-7-19(13-17(16)2)27-12-9-23-22(27)29-15-21(28)25-18-6-8-20(24-14-18)26-10-3-4-11-26/h5-9,12-14H,3-4,10-11,15H2,1-2H3,(H,25,28). The van der Waals surface area contributed by atoms with Crippen molar-refractivity contribution in [3.8, 4) is 5.69 Å². The summed E-state index contributed by atoms with van der Waals surface area (Å²) in [4.78, 5) is 23.5. The average Bonchev–Trinajstić information content (AvgIpc) is 3.41. The lowest BCUT2D eigenvalue weighted by molar-refractivity contribution is -0.113. The molecule has 1 saturated heterocycles. The van der Waals surface area contributed by atoms with Gasteiger partial charge in [0.1, 0.15) is 5.82 Å². The Balaban J connectivity index is 1.35. The van der Waals surface area contributed by atoms with Gasteiger partial charge in [-0.2, -0.15) is 0 Å². The lowest BCUT2D eigenvalue weighted by Gasteiger charge is -2.16. The molecule has 2 aromatic heterocycles. The van der Waals surface area contributed by atoms with Gasteiger partial charge in [-0.1, -0.05) is 17.8 Å². The predicted molar refractivity (Wildman–Crippen MR) is 118 cm³/mol. The third-order valence-electron chi connectivity index (χ3n) is 5.17. The SMILES string of the molecule is Cc1ccc(-n2ccnc2SCC(=O)Nc2ccc(N3CCCC3)nc2)cc1C. The number of pyridine rings is 1. The highest BCUT2D eigenvalue weighted by Crippen LogP contribution is 2.23. The van der Waals surface area contributed by atoms with Gasteiger partial charge in [-0.15, -0.1) is 0 Å². The minimum atomic E-state index is -0.0691. The van der Waals surface area contributed by atoms with Crippen LogP contribution < -0.4 is 10.2 Å². The zero-order chi connectivity index (χ0) is 20.2. The fourth-order valence-corrected chi connectivity index (χ4v) is 4.16. The average molecular weight is 408 g/mol. The van der Waals surface area contributed by atoms with Crippen LogP contribution in [0.5, 0.6) is 0 Å². The molecule has 1 N–H and O–H groups in total. The minimum Gasteiger partial charge on any atom is -0.357 e. The zero-order valence-corrected chi connectivity index (χ0v) is 17.6. The van der Waals surface area contributed by atoms with Gasteiger partial charge < -0.3 is 10.2 Å². The fraction of sp³-hybridized carbons (Fsp3) is 0.318. The van der Waals surface area contributed by atoms with Crippen LogP contribution in [-0.2, 0) is 4.79 Å². The summed E-state index contributed by atoms with van der Waals surface area (Å²) in [6.07, 6.45) is 7.85. The van der Waals surface area contributed by atoms with E-state index in [9.17, 15) is 4.79 Å². The zero-order valence-electron chi connectivity index (χ0n) is 16.8. The first kappa shape index (κ1) is 19.5. The number of imidazole rings is 1. The number of nitrogens with zero attached hydrogens (tertiary/aromatic N) is 4. The third kappa shape index (κ3) is 4.62. The van der Waals surface area contributed by atoms with Crippen LogP contribution in [0, 0.1) is 13.8 Å². The van der Waals surface area contributed by atoms with E-state index in [2.05, 4.69) is 52.2 Å². The summed E-state index contributed by atoms with van der Waals surface area (Å²) in [5.74, 6) is 1.20. The van der Waals surface area contributed by atoms with Crippen molar-refractivity contribution in [3.05, 3.63) is 60.0 Å². The van der Waals surface area contributed by atoms with Gasteiger partial charge in [0.2, 0.25) is 5.91 Å². The van der Waals surface area contributed by atoms with Gasteiger partial charge in [0.05, 0.1) is 17.6 Å². The van der Waals surface area contributed by atoms with Crippen molar-refractivity contribution in [2.24, 2.45) is 0 Å².